The van der Waals surface area contributed by atoms with Gasteiger partial charge in [-0.15, -0.1) is 0 Å². The van der Waals surface area contributed by atoms with Gasteiger partial charge in [-0.3, -0.25) is 4.79 Å². The van der Waals surface area contributed by atoms with Crippen LogP contribution in [0.1, 0.15) is 43.1 Å². The molecule has 0 radical (unpaired) electrons. The van der Waals surface area contributed by atoms with E-state index in [9.17, 15) is 4.79 Å². The fraction of sp³-hybridized carbons (Fsp3) is 0.588. The number of carbonyl (C=O) groups excluding carboxylic acids is 1. The fourth-order valence-corrected chi connectivity index (χ4v) is 2.80. The number of benzene rings is 1. The van der Waals surface area contributed by atoms with Gasteiger partial charge in [0.15, 0.2) is 0 Å². The molecule has 1 fully saturated rings. The van der Waals surface area contributed by atoms with Crippen molar-refractivity contribution in [1.29, 1.82) is 0 Å². The summed E-state index contributed by atoms with van der Waals surface area (Å²) < 4.78 is 0. The minimum atomic E-state index is 0.160. The van der Waals surface area contributed by atoms with Crippen LogP contribution in [-0.4, -0.2) is 36.0 Å². The van der Waals surface area contributed by atoms with E-state index >= 15 is 0 Å². The highest BCUT2D eigenvalue weighted by atomic mass is 16.2. The number of carbonyl (C=O) groups is 1. The van der Waals surface area contributed by atoms with Gasteiger partial charge < -0.3 is 10.2 Å². The SMILES string of the molecule is Cc1ccc(C(=O)N2CC(CC(C)C)NCC2C)cc1. The summed E-state index contributed by atoms with van der Waals surface area (Å²) in [5.41, 5.74) is 1.99. The van der Waals surface area contributed by atoms with Crippen LogP contribution in [0.5, 0.6) is 0 Å². The number of piperazine rings is 1. The Kier molecular flexibility index (Phi) is 4.81. The van der Waals surface area contributed by atoms with Crippen LogP contribution < -0.4 is 5.32 Å². The molecule has 0 bridgehead atoms. The number of hydrogen-bond acceptors (Lipinski definition) is 2. The summed E-state index contributed by atoms with van der Waals surface area (Å²) in [4.78, 5) is 14.7. The minimum Gasteiger partial charge on any atom is -0.333 e. The van der Waals surface area contributed by atoms with E-state index in [1.165, 1.54) is 5.56 Å². The van der Waals surface area contributed by atoms with Crippen LogP contribution in [-0.2, 0) is 0 Å². The van der Waals surface area contributed by atoms with Crippen LogP contribution in [0.4, 0.5) is 0 Å². The molecule has 0 aromatic heterocycles. The van der Waals surface area contributed by atoms with Crippen molar-refractivity contribution in [1.82, 2.24) is 10.2 Å². The molecule has 0 spiro atoms. The number of amides is 1. The zero-order chi connectivity index (χ0) is 14.7. The monoisotopic (exact) mass is 274 g/mol. The fourth-order valence-electron chi connectivity index (χ4n) is 2.80. The van der Waals surface area contributed by atoms with Gasteiger partial charge in [0.2, 0.25) is 0 Å². The molecule has 0 saturated carbocycles. The van der Waals surface area contributed by atoms with Crippen molar-refractivity contribution in [2.45, 2.75) is 46.2 Å². The lowest BCUT2D eigenvalue weighted by atomic mass is 9.99. The molecule has 1 aromatic carbocycles. The second kappa shape index (κ2) is 6.40. The molecule has 1 heterocycles. The molecule has 1 saturated heterocycles. The molecule has 1 amide bonds. The van der Waals surface area contributed by atoms with E-state index in [0.717, 1.165) is 25.1 Å². The molecule has 2 atom stereocenters. The summed E-state index contributed by atoms with van der Waals surface area (Å²) >= 11 is 0. The average molecular weight is 274 g/mol. The maximum atomic E-state index is 12.7. The Hall–Kier alpha value is -1.35. The molecule has 1 aliphatic heterocycles. The predicted octanol–water partition coefficient (Wildman–Crippen LogP) is 2.84. The zero-order valence-electron chi connectivity index (χ0n) is 13.0. The van der Waals surface area contributed by atoms with Crippen LogP contribution in [0.15, 0.2) is 24.3 Å². The third-order valence-corrected chi connectivity index (χ3v) is 3.97. The molecule has 20 heavy (non-hydrogen) atoms. The van der Waals surface area contributed by atoms with Crippen molar-refractivity contribution in [2.75, 3.05) is 13.1 Å². The molecule has 3 nitrogen and oxygen atoms in total. The summed E-state index contributed by atoms with van der Waals surface area (Å²) in [5, 5.41) is 3.55. The molecule has 110 valence electrons. The lowest BCUT2D eigenvalue weighted by molar-refractivity contribution is 0.0595. The van der Waals surface area contributed by atoms with Crippen LogP contribution in [0.3, 0.4) is 0 Å². The Morgan fingerprint density at radius 3 is 2.60 bits per heavy atom. The highest BCUT2D eigenvalue weighted by Gasteiger charge is 2.29. The largest absolute Gasteiger partial charge is 0.333 e. The lowest BCUT2D eigenvalue weighted by Gasteiger charge is -2.39. The molecule has 3 heteroatoms. The van der Waals surface area contributed by atoms with Gasteiger partial charge >= 0.3 is 0 Å². The quantitative estimate of drug-likeness (QED) is 0.919. The van der Waals surface area contributed by atoms with Crippen molar-refractivity contribution >= 4 is 5.91 Å². The first-order valence-electron chi connectivity index (χ1n) is 7.58. The summed E-state index contributed by atoms with van der Waals surface area (Å²) in [6, 6.07) is 8.55. The molecule has 0 aliphatic carbocycles. The lowest BCUT2D eigenvalue weighted by Crippen LogP contribution is -2.57. The Morgan fingerprint density at radius 1 is 1.35 bits per heavy atom. The standard InChI is InChI=1S/C17H26N2O/c1-12(2)9-16-11-19(14(4)10-18-16)17(20)15-7-5-13(3)6-8-15/h5-8,12,14,16,18H,9-11H2,1-4H3. The van der Waals surface area contributed by atoms with Gasteiger partial charge in [-0.25, -0.2) is 0 Å². The van der Waals surface area contributed by atoms with E-state index in [2.05, 4.69) is 26.1 Å². The molecular formula is C17H26N2O. The first-order valence-corrected chi connectivity index (χ1v) is 7.58. The van der Waals surface area contributed by atoms with Gasteiger partial charge in [0.1, 0.15) is 0 Å². The molecular weight excluding hydrogens is 248 g/mol. The Balaban J connectivity index is 2.08. The maximum absolute atomic E-state index is 12.7. The number of rotatable bonds is 3. The second-order valence-corrected chi connectivity index (χ2v) is 6.41. The van der Waals surface area contributed by atoms with Crippen molar-refractivity contribution in [3.8, 4) is 0 Å². The molecule has 2 unspecified atom stereocenters. The third-order valence-electron chi connectivity index (χ3n) is 3.97. The van der Waals surface area contributed by atoms with Crippen LogP contribution in [0, 0.1) is 12.8 Å². The Morgan fingerprint density at radius 2 is 2.00 bits per heavy atom. The maximum Gasteiger partial charge on any atom is 0.254 e. The van der Waals surface area contributed by atoms with Crippen LogP contribution in [0.2, 0.25) is 0 Å². The van der Waals surface area contributed by atoms with E-state index in [1.54, 1.807) is 0 Å². The zero-order valence-corrected chi connectivity index (χ0v) is 13.0. The van der Waals surface area contributed by atoms with Crippen LogP contribution >= 0.6 is 0 Å². The first kappa shape index (κ1) is 15.0. The van der Waals surface area contributed by atoms with Crippen molar-refractivity contribution in [3.63, 3.8) is 0 Å². The Bertz CT molecular complexity index is 453. The summed E-state index contributed by atoms with van der Waals surface area (Å²) in [7, 11) is 0. The smallest absolute Gasteiger partial charge is 0.254 e. The highest BCUT2D eigenvalue weighted by Crippen LogP contribution is 2.16. The number of nitrogens with zero attached hydrogens (tertiary/aromatic N) is 1. The van der Waals surface area contributed by atoms with Crippen molar-refractivity contribution in [2.24, 2.45) is 5.92 Å². The van der Waals surface area contributed by atoms with Crippen molar-refractivity contribution < 1.29 is 4.79 Å². The number of hydrogen-bond donors (Lipinski definition) is 1. The van der Waals surface area contributed by atoms with Gasteiger partial charge in [-0.2, -0.15) is 0 Å². The number of aryl methyl sites for hydroxylation is 1. The van der Waals surface area contributed by atoms with Gasteiger partial charge in [0.05, 0.1) is 0 Å². The van der Waals surface area contributed by atoms with E-state index in [-0.39, 0.29) is 11.9 Å². The van der Waals surface area contributed by atoms with E-state index < -0.39 is 0 Å². The molecule has 2 rings (SSSR count). The van der Waals surface area contributed by atoms with Gasteiger partial charge in [0.25, 0.3) is 5.91 Å². The topological polar surface area (TPSA) is 32.3 Å². The van der Waals surface area contributed by atoms with Gasteiger partial charge in [-0.1, -0.05) is 31.5 Å². The predicted molar refractivity (Wildman–Crippen MR) is 82.9 cm³/mol. The minimum absolute atomic E-state index is 0.160. The summed E-state index contributed by atoms with van der Waals surface area (Å²) in [6.45, 7) is 10.3. The van der Waals surface area contributed by atoms with E-state index in [4.69, 9.17) is 0 Å². The third kappa shape index (κ3) is 3.60. The Labute approximate surface area is 122 Å². The van der Waals surface area contributed by atoms with E-state index in [0.29, 0.717) is 12.0 Å². The molecule has 1 N–H and O–H groups in total. The van der Waals surface area contributed by atoms with E-state index in [1.807, 2.05) is 36.1 Å². The number of nitrogens with one attached hydrogen (secondary N) is 1. The second-order valence-electron chi connectivity index (χ2n) is 6.41. The molecule has 1 aromatic rings. The van der Waals surface area contributed by atoms with Crippen molar-refractivity contribution in [3.05, 3.63) is 35.4 Å². The van der Waals surface area contributed by atoms with Gasteiger partial charge in [0, 0.05) is 30.7 Å². The molecule has 1 aliphatic rings. The van der Waals surface area contributed by atoms with Crippen LogP contribution in [0.25, 0.3) is 0 Å². The average Bonchev–Trinajstić information content (AvgIpc) is 2.40. The first-order chi connectivity index (χ1) is 9.47. The summed E-state index contributed by atoms with van der Waals surface area (Å²) in [5.74, 6) is 0.810. The van der Waals surface area contributed by atoms with Gasteiger partial charge in [-0.05, 0) is 38.3 Å². The highest BCUT2D eigenvalue weighted by molar-refractivity contribution is 5.94. The summed E-state index contributed by atoms with van der Waals surface area (Å²) in [6.07, 6.45) is 1.12. The normalized spacial score (nSPS) is 23.1.